The Hall–Kier alpha value is -1.02. The molecule has 0 aromatic heterocycles. The summed E-state index contributed by atoms with van der Waals surface area (Å²) in [4.78, 5) is 2.64. The molecule has 0 amide bonds. The van der Waals surface area contributed by atoms with Gasteiger partial charge in [0.1, 0.15) is 5.75 Å². The quantitative estimate of drug-likeness (QED) is 0.803. The Morgan fingerprint density at radius 2 is 1.88 bits per heavy atom. The van der Waals surface area contributed by atoms with Crippen molar-refractivity contribution >= 4 is 0 Å². The first kappa shape index (κ1) is 11.1. The SMILES string of the molecule is CC1CN(C2CCc3cc(O)ccc32)CC1C. The topological polar surface area (TPSA) is 23.5 Å². The minimum atomic E-state index is 0.410. The Morgan fingerprint density at radius 1 is 1.18 bits per heavy atom. The van der Waals surface area contributed by atoms with E-state index in [9.17, 15) is 5.11 Å². The van der Waals surface area contributed by atoms with Crippen molar-refractivity contribution in [1.82, 2.24) is 4.90 Å². The number of aryl methyl sites for hydroxylation is 1. The molecule has 3 atom stereocenters. The molecular formula is C15H21NO. The van der Waals surface area contributed by atoms with Crippen LogP contribution in [0.3, 0.4) is 0 Å². The Kier molecular flexibility index (Phi) is 2.62. The molecule has 0 bridgehead atoms. The van der Waals surface area contributed by atoms with Crippen LogP contribution < -0.4 is 0 Å². The second-order valence-electron chi connectivity index (χ2n) is 5.85. The van der Waals surface area contributed by atoms with Crippen LogP contribution in [0.15, 0.2) is 18.2 Å². The molecule has 1 saturated heterocycles. The Bertz CT molecular complexity index is 419. The van der Waals surface area contributed by atoms with Crippen LogP contribution in [0.25, 0.3) is 0 Å². The molecule has 3 rings (SSSR count). The number of likely N-dealkylation sites (tertiary alicyclic amines) is 1. The fourth-order valence-electron chi connectivity index (χ4n) is 3.39. The number of aromatic hydroxyl groups is 1. The second-order valence-corrected chi connectivity index (χ2v) is 5.85. The number of nitrogens with zero attached hydrogens (tertiary/aromatic N) is 1. The van der Waals surface area contributed by atoms with Crippen LogP contribution in [0.2, 0.25) is 0 Å². The number of fused-ring (bicyclic) bond motifs is 1. The van der Waals surface area contributed by atoms with E-state index in [0.29, 0.717) is 11.8 Å². The smallest absolute Gasteiger partial charge is 0.115 e. The van der Waals surface area contributed by atoms with Gasteiger partial charge in [0.25, 0.3) is 0 Å². The van der Waals surface area contributed by atoms with Gasteiger partial charge in [0.15, 0.2) is 0 Å². The van der Waals surface area contributed by atoms with Crippen molar-refractivity contribution in [1.29, 1.82) is 0 Å². The molecule has 2 heteroatoms. The lowest BCUT2D eigenvalue weighted by Crippen LogP contribution is -2.25. The zero-order valence-corrected chi connectivity index (χ0v) is 10.7. The van der Waals surface area contributed by atoms with E-state index in [4.69, 9.17) is 0 Å². The van der Waals surface area contributed by atoms with Crippen LogP contribution >= 0.6 is 0 Å². The summed E-state index contributed by atoms with van der Waals surface area (Å²) < 4.78 is 0. The fourth-order valence-corrected chi connectivity index (χ4v) is 3.39. The van der Waals surface area contributed by atoms with Gasteiger partial charge in [-0.15, -0.1) is 0 Å². The molecule has 1 aliphatic carbocycles. The van der Waals surface area contributed by atoms with Gasteiger partial charge in [-0.2, -0.15) is 0 Å². The highest BCUT2D eigenvalue weighted by molar-refractivity contribution is 5.40. The largest absolute Gasteiger partial charge is 0.508 e. The van der Waals surface area contributed by atoms with Crippen LogP contribution in [-0.2, 0) is 6.42 Å². The molecule has 2 nitrogen and oxygen atoms in total. The van der Waals surface area contributed by atoms with E-state index in [1.807, 2.05) is 12.1 Å². The van der Waals surface area contributed by atoms with E-state index < -0.39 is 0 Å². The van der Waals surface area contributed by atoms with Gasteiger partial charge in [0, 0.05) is 19.1 Å². The van der Waals surface area contributed by atoms with Crippen molar-refractivity contribution in [3.8, 4) is 5.75 Å². The van der Waals surface area contributed by atoms with E-state index in [0.717, 1.165) is 18.3 Å². The predicted molar refractivity (Wildman–Crippen MR) is 69.1 cm³/mol. The van der Waals surface area contributed by atoms with Gasteiger partial charge in [-0.1, -0.05) is 19.9 Å². The molecule has 1 heterocycles. The number of hydrogen-bond acceptors (Lipinski definition) is 2. The van der Waals surface area contributed by atoms with E-state index >= 15 is 0 Å². The zero-order valence-electron chi connectivity index (χ0n) is 10.7. The molecule has 0 saturated carbocycles. The summed E-state index contributed by atoms with van der Waals surface area (Å²) in [6.45, 7) is 7.17. The molecule has 0 radical (unpaired) electrons. The fraction of sp³-hybridized carbons (Fsp3) is 0.600. The second kappa shape index (κ2) is 4.02. The number of phenols is 1. The lowest BCUT2D eigenvalue weighted by atomic mass is 10.0. The Morgan fingerprint density at radius 3 is 2.59 bits per heavy atom. The van der Waals surface area contributed by atoms with Crippen LogP contribution in [0.1, 0.15) is 37.4 Å². The van der Waals surface area contributed by atoms with Crippen molar-refractivity contribution in [2.75, 3.05) is 13.1 Å². The maximum Gasteiger partial charge on any atom is 0.115 e. The minimum Gasteiger partial charge on any atom is -0.508 e. The van der Waals surface area contributed by atoms with Crippen LogP contribution in [0, 0.1) is 11.8 Å². The van der Waals surface area contributed by atoms with Gasteiger partial charge in [-0.3, -0.25) is 4.90 Å². The van der Waals surface area contributed by atoms with Crippen LogP contribution in [-0.4, -0.2) is 23.1 Å². The first-order valence-corrected chi connectivity index (χ1v) is 6.71. The van der Waals surface area contributed by atoms with Crippen molar-refractivity contribution < 1.29 is 5.11 Å². The molecule has 0 spiro atoms. The van der Waals surface area contributed by atoms with Crippen molar-refractivity contribution in [2.24, 2.45) is 11.8 Å². The third kappa shape index (κ3) is 1.85. The van der Waals surface area contributed by atoms with Gasteiger partial charge in [-0.05, 0) is 47.9 Å². The van der Waals surface area contributed by atoms with E-state index in [1.54, 1.807) is 0 Å². The zero-order chi connectivity index (χ0) is 12.0. The number of hydrogen-bond donors (Lipinski definition) is 1. The summed E-state index contributed by atoms with van der Waals surface area (Å²) in [5.74, 6) is 2.04. The van der Waals surface area contributed by atoms with Crippen molar-refractivity contribution in [3.63, 3.8) is 0 Å². The van der Waals surface area contributed by atoms with E-state index in [-0.39, 0.29) is 0 Å². The standard InChI is InChI=1S/C15H21NO/c1-10-8-16(9-11(10)2)15-6-3-12-7-13(17)4-5-14(12)15/h4-5,7,10-11,15,17H,3,6,8-9H2,1-2H3. The van der Waals surface area contributed by atoms with Crippen molar-refractivity contribution in [2.45, 2.75) is 32.7 Å². The predicted octanol–water partition coefficient (Wildman–Crippen LogP) is 2.97. The first-order valence-electron chi connectivity index (χ1n) is 6.71. The summed E-state index contributed by atoms with van der Waals surface area (Å²) >= 11 is 0. The molecule has 3 unspecified atom stereocenters. The van der Waals surface area contributed by atoms with Gasteiger partial charge in [-0.25, -0.2) is 0 Å². The number of phenolic OH excluding ortho intramolecular Hbond substituents is 1. The average molecular weight is 231 g/mol. The molecular weight excluding hydrogens is 210 g/mol. The van der Waals surface area contributed by atoms with Crippen LogP contribution in [0.5, 0.6) is 5.75 Å². The normalized spacial score (nSPS) is 32.9. The molecule has 1 aromatic rings. The highest BCUT2D eigenvalue weighted by Crippen LogP contribution is 2.40. The number of benzene rings is 1. The van der Waals surface area contributed by atoms with E-state index in [2.05, 4.69) is 24.8 Å². The highest BCUT2D eigenvalue weighted by atomic mass is 16.3. The molecule has 92 valence electrons. The summed E-state index contributed by atoms with van der Waals surface area (Å²) in [6, 6.07) is 6.49. The van der Waals surface area contributed by atoms with Gasteiger partial charge in [0.2, 0.25) is 0 Å². The van der Waals surface area contributed by atoms with E-state index in [1.165, 1.54) is 30.6 Å². The van der Waals surface area contributed by atoms with Crippen LogP contribution in [0.4, 0.5) is 0 Å². The molecule has 17 heavy (non-hydrogen) atoms. The summed E-state index contributed by atoms with van der Waals surface area (Å²) in [7, 11) is 0. The maximum absolute atomic E-state index is 9.52. The third-order valence-electron chi connectivity index (χ3n) is 4.63. The first-order chi connectivity index (χ1) is 8.15. The Labute approximate surface area is 103 Å². The van der Waals surface area contributed by atoms with Gasteiger partial charge < -0.3 is 5.11 Å². The number of rotatable bonds is 1. The van der Waals surface area contributed by atoms with Crippen molar-refractivity contribution in [3.05, 3.63) is 29.3 Å². The summed E-state index contributed by atoms with van der Waals surface area (Å²) in [5.41, 5.74) is 2.80. The molecule has 1 N–H and O–H groups in total. The lowest BCUT2D eigenvalue weighted by Gasteiger charge is -2.24. The molecule has 1 fully saturated rings. The molecule has 1 aromatic carbocycles. The Balaban J connectivity index is 1.84. The van der Waals surface area contributed by atoms with Gasteiger partial charge in [0.05, 0.1) is 0 Å². The maximum atomic E-state index is 9.52. The summed E-state index contributed by atoms with van der Waals surface area (Å²) in [6.07, 6.45) is 2.34. The lowest BCUT2D eigenvalue weighted by molar-refractivity contribution is 0.234. The average Bonchev–Trinajstić information content (AvgIpc) is 2.83. The monoisotopic (exact) mass is 231 g/mol. The molecule has 2 aliphatic rings. The summed E-state index contributed by atoms with van der Waals surface area (Å²) in [5, 5.41) is 9.52. The molecule has 1 aliphatic heterocycles. The third-order valence-corrected chi connectivity index (χ3v) is 4.63. The minimum absolute atomic E-state index is 0.410. The highest BCUT2D eigenvalue weighted by Gasteiger charge is 2.34. The van der Waals surface area contributed by atoms with Gasteiger partial charge >= 0.3 is 0 Å².